The molecule has 0 saturated carbocycles. The average molecular weight is 384 g/mol. The fourth-order valence-electron chi connectivity index (χ4n) is 2.51. The van der Waals surface area contributed by atoms with Crippen molar-refractivity contribution in [3.63, 3.8) is 0 Å². The number of aryl methyl sites for hydroxylation is 3. The first kappa shape index (κ1) is 18.7. The van der Waals surface area contributed by atoms with Crippen LogP contribution in [0.15, 0.2) is 59.6 Å². The molecule has 0 saturated heterocycles. The third kappa shape index (κ3) is 4.35. The Balaban J connectivity index is 1.87. The lowest BCUT2D eigenvalue weighted by Crippen LogP contribution is -2.17. The number of hydrogen-bond acceptors (Lipinski definition) is 4. The maximum Gasteiger partial charge on any atom is 0.261 e. The molecule has 2 N–H and O–H groups in total. The Labute approximate surface area is 158 Å². The summed E-state index contributed by atoms with van der Waals surface area (Å²) in [7, 11) is -2.08. The van der Waals surface area contributed by atoms with Gasteiger partial charge in [-0.25, -0.2) is 8.42 Å². The van der Waals surface area contributed by atoms with Gasteiger partial charge in [-0.1, -0.05) is 23.8 Å². The number of rotatable bonds is 5. The van der Waals surface area contributed by atoms with Crippen LogP contribution in [-0.4, -0.2) is 24.1 Å². The maximum atomic E-state index is 12.7. The molecule has 27 heavy (non-hydrogen) atoms. The van der Waals surface area contributed by atoms with Crippen LogP contribution in [0.4, 0.5) is 11.5 Å². The van der Waals surface area contributed by atoms with E-state index >= 15 is 0 Å². The van der Waals surface area contributed by atoms with E-state index in [4.69, 9.17) is 0 Å². The van der Waals surface area contributed by atoms with Gasteiger partial charge < -0.3 is 5.32 Å². The number of aromatic nitrogens is 2. The summed E-state index contributed by atoms with van der Waals surface area (Å²) >= 11 is 0. The fraction of sp³-hybridized carbons (Fsp3) is 0.158. The molecule has 0 aliphatic carbocycles. The van der Waals surface area contributed by atoms with Gasteiger partial charge in [0.25, 0.3) is 15.9 Å². The van der Waals surface area contributed by atoms with Crippen molar-refractivity contribution in [3.8, 4) is 0 Å². The van der Waals surface area contributed by atoms with Gasteiger partial charge in [-0.05, 0) is 43.7 Å². The number of nitrogens with zero attached hydrogens (tertiary/aromatic N) is 2. The number of anilines is 2. The molecule has 0 atom stereocenters. The second-order valence-corrected chi connectivity index (χ2v) is 7.96. The first-order chi connectivity index (χ1) is 12.7. The van der Waals surface area contributed by atoms with Gasteiger partial charge in [0, 0.05) is 30.6 Å². The molecule has 140 valence electrons. The van der Waals surface area contributed by atoms with Gasteiger partial charge >= 0.3 is 0 Å². The number of benzene rings is 2. The number of amides is 1. The third-order valence-electron chi connectivity index (χ3n) is 4.02. The molecule has 0 bridgehead atoms. The summed E-state index contributed by atoms with van der Waals surface area (Å²) in [6, 6.07) is 13.1. The second-order valence-electron chi connectivity index (χ2n) is 6.28. The standard InChI is InChI=1S/C19H20N4O3S/c1-13-4-7-15(8-5-13)22-27(25,26)16-9-6-14(2)17(12-16)19(24)20-18-10-11-23(3)21-18/h4-12,22H,1-3H3,(H,20,21,24). The molecule has 8 heteroatoms. The van der Waals surface area contributed by atoms with Crippen molar-refractivity contribution in [1.82, 2.24) is 9.78 Å². The van der Waals surface area contributed by atoms with Crippen LogP contribution in [0.2, 0.25) is 0 Å². The van der Waals surface area contributed by atoms with Crippen LogP contribution in [-0.2, 0) is 17.1 Å². The molecular formula is C19H20N4O3S. The van der Waals surface area contributed by atoms with E-state index < -0.39 is 15.9 Å². The van der Waals surface area contributed by atoms with Crippen LogP contribution in [0.3, 0.4) is 0 Å². The number of nitrogens with one attached hydrogen (secondary N) is 2. The lowest BCUT2D eigenvalue weighted by Gasteiger charge is -2.11. The van der Waals surface area contributed by atoms with E-state index in [1.165, 1.54) is 12.1 Å². The molecule has 1 amide bonds. The monoisotopic (exact) mass is 384 g/mol. The molecule has 0 unspecified atom stereocenters. The summed E-state index contributed by atoms with van der Waals surface area (Å²) < 4.78 is 29.4. The Kier molecular flexibility index (Phi) is 5.00. The molecule has 0 spiro atoms. The summed E-state index contributed by atoms with van der Waals surface area (Å²) in [5.74, 6) is -0.0217. The molecule has 0 fully saturated rings. The lowest BCUT2D eigenvalue weighted by atomic mass is 10.1. The van der Waals surface area contributed by atoms with Gasteiger partial charge in [-0.2, -0.15) is 5.10 Å². The van der Waals surface area contributed by atoms with Gasteiger partial charge in [-0.15, -0.1) is 0 Å². The molecule has 3 aromatic rings. The van der Waals surface area contributed by atoms with Gasteiger partial charge in [0.15, 0.2) is 5.82 Å². The van der Waals surface area contributed by atoms with E-state index in [1.54, 1.807) is 49.1 Å². The van der Waals surface area contributed by atoms with E-state index in [2.05, 4.69) is 15.1 Å². The van der Waals surface area contributed by atoms with Crippen LogP contribution < -0.4 is 10.0 Å². The average Bonchev–Trinajstić information content (AvgIpc) is 3.01. The van der Waals surface area contributed by atoms with Crippen LogP contribution in [0.1, 0.15) is 21.5 Å². The zero-order chi connectivity index (χ0) is 19.6. The van der Waals surface area contributed by atoms with Gasteiger partial charge in [0.2, 0.25) is 0 Å². The van der Waals surface area contributed by atoms with Crippen molar-refractivity contribution in [2.75, 3.05) is 10.0 Å². The minimum Gasteiger partial charge on any atom is -0.305 e. The van der Waals surface area contributed by atoms with E-state index in [-0.39, 0.29) is 10.5 Å². The van der Waals surface area contributed by atoms with Gasteiger partial charge in [0.1, 0.15) is 0 Å². The van der Waals surface area contributed by atoms with Crippen LogP contribution in [0, 0.1) is 13.8 Å². The number of hydrogen-bond donors (Lipinski definition) is 2. The van der Waals surface area contributed by atoms with Crippen LogP contribution in [0.5, 0.6) is 0 Å². The number of carbonyl (C=O) groups excluding carboxylic acids is 1. The highest BCUT2D eigenvalue weighted by Gasteiger charge is 2.19. The van der Waals surface area contributed by atoms with Crippen LogP contribution >= 0.6 is 0 Å². The molecule has 0 aliphatic rings. The molecule has 1 aromatic heterocycles. The number of sulfonamides is 1. The van der Waals surface area contributed by atoms with E-state index in [1.807, 2.05) is 19.1 Å². The Morgan fingerprint density at radius 1 is 1.04 bits per heavy atom. The SMILES string of the molecule is Cc1ccc(NS(=O)(=O)c2ccc(C)c(C(=O)Nc3ccn(C)n3)c2)cc1. The predicted octanol–water partition coefficient (Wildman–Crippen LogP) is 3.09. The van der Waals surface area contributed by atoms with E-state index in [9.17, 15) is 13.2 Å². The summed E-state index contributed by atoms with van der Waals surface area (Å²) in [4.78, 5) is 12.6. The van der Waals surface area contributed by atoms with Crippen molar-refractivity contribution in [1.29, 1.82) is 0 Å². The van der Waals surface area contributed by atoms with Gasteiger partial charge in [-0.3, -0.25) is 14.2 Å². The Morgan fingerprint density at radius 2 is 1.74 bits per heavy atom. The van der Waals surface area contributed by atoms with Crippen molar-refractivity contribution in [2.24, 2.45) is 7.05 Å². The van der Waals surface area contributed by atoms with Gasteiger partial charge in [0.05, 0.1) is 4.90 Å². The predicted molar refractivity (Wildman–Crippen MR) is 104 cm³/mol. The van der Waals surface area contributed by atoms with Crippen LogP contribution in [0.25, 0.3) is 0 Å². The Hall–Kier alpha value is -3.13. The molecule has 3 rings (SSSR count). The molecule has 0 aliphatic heterocycles. The minimum absolute atomic E-state index is 0.0137. The third-order valence-corrected chi connectivity index (χ3v) is 5.40. The topological polar surface area (TPSA) is 93.1 Å². The normalized spacial score (nSPS) is 11.2. The molecule has 2 aromatic carbocycles. The minimum atomic E-state index is -3.82. The molecular weight excluding hydrogens is 364 g/mol. The summed E-state index contributed by atoms with van der Waals surface area (Å²) in [6.07, 6.45) is 1.70. The van der Waals surface area contributed by atoms with Crippen molar-refractivity contribution < 1.29 is 13.2 Å². The van der Waals surface area contributed by atoms with E-state index in [0.717, 1.165) is 5.56 Å². The summed E-state index contributed by atoms with van der Waals surface area (Å²) in [6.45, 7) is 3.67. The first-order valence-electron chi connectivity index (χ1n) is 8.26. The Bertz CT molecular complexity index is 1090. The highest BCUT2D eigenvalue weighted by molar-refractivity contribution is 7.92. The Morgan fingerprint density at radius 3 is 2.37 bits per heavy atom. The smallest absolute Gasteiger partial charge is 0.261 e. The second kappa shape index (κ2) is 7.24. The largest absolute Gasteiger partial charge is 0.305 e. The quantitative estimate of drug-likeness (QED) is 0.707. The number of carbonyl (C=O) groups is 1. The fourth-order valence-corrected chi connectivity index (χ4v) is 3.60. The van der Waals surface area contributed by atoms with E-state index in [0.29, 0.717) is 17.1 Å². The molecule has 1 heterocycles. The van der Waals surface area contributed by atoms with Crippen molar-refractivity contribution in [2.45, 2.75) is 18.7 Å². The summed E-state index contributed by atoms with van der Waals surface area (Å²) in [5, 5.41) is 6.76. The highest BCUT2D eigenvalue weighted by atomic mass is 32.2. The summed E-state index contributed by atoms with van der Waals surface area (Å²) in [5.41, 5.74) is 2.42. The highest BCUT2D eigenvalue weighted by Crippen LogP contribution is 2.20. The maximum absolute atomic E-state index is 12.7. The zero-order valence-corrected chi connectivity index (χ0v) is 16.0. The molecule has 0 radical (unpaired) electrons. The van der Waals surface area contributed by atoms with Crippen molar-refractivity contribution >= 4 is 27.4 Å². The molecule has 7 nitrogen and oxygen atoms in total. The lowest BCUT2D eigenvalue weighted by molar-refractivity contribution is 0.102. The zero-order valence-electron chi connectivity index (χ0n) is 15.2. The first-order valence-corrected chi connectivity index (χ1v) is 9.74. The van der Waals surface area contributed by atoms with Crippen molar-refractivity contribution in [3.05, 3.63) is 71.4 Å².